The van der Waals surface area contributed by atoms with Crippen LogP contribution >= 0.6 is 0 Å². The Morgan fingerprint density at radius 1 is 0.906 bits per heavy atom. The van der Waals surface area contributed by atoms with Crippen molar-refractivity contribution in [2.45, 2.75) is 57.1 Å². The van der Waals surface area contributed by atoms with Gasteiger partial charge in [0.1, 0.15) is 0 Å². The number of amides is 1. The Labute approximate surface area is 192 Å². The number of ether oxygens (including phenoxy) is 1. The summed E-state index contributed by atoms with van der Waals surface area (Å²) in [5.41, 5.74) is 4.17. The molecule has 0 aromatic heterocycles. The van der Waals surface area contributed by atoms with Crippen molar-refractivity contribution >= 4 is 5.91 Å². The third-order valence-corrected chi connectivity index (χ3v) is 7.67. The maximum absolute atomic E-state index is 13.2. The molecule has 2 aliphatic heterocycles. The van der Waals surface area contributed by atoms with Gasteiger partial charge in [0.2, 0.25) is 5.91 Å². The minimum atomic E-state index is 0.215. The van der Waals surface area contributed by atoms with E-state index in [4.69, 9.17) is 4.74 Å². The lowest BCUT2D eigenvalue weighted by molar-refractivity contribution is -0.133. The summed E-state index contributed by atoms with van der Waals surface area (Å²) < 4.78 is 5.89. The molecule has 4 nitrogen and oxygen atoms in total. The van der Waals surface area contributed by atoms with Gasteiger partial charge in [0, 0.05) is 25.7 Å². The Kier molecular flexibility index (Phi) is 6.89. The van der Waals surface area contributed by atoms with E-state index in [1.165, 1.54) is 36.8 Å². The van der Waals surface area contributed by atoms with E-state index in [-0.39, 0.29) is 12.0 Å². The van der Waals surface area contributed by atoms with Crippen LogP contribution in [-0.2, 0) is 28.8 Å². The van der Waals surface area contributed by atoms with Crippen molar-refractivity contribution in [1.82, 2.24) is 9.80 Å². The van der Waals surface area contributed by atoms with E-state index in [0.717, 1.165) is 51.2 Å². The van der Waals surface area contributed by atoms with E-state index >= 15 is 0 Å². The summed E-state index contributed by atoms with van der Waals surface area (Å²) in [5.74, 6) is 0.844. The second-order valence-corrected chi connectivity index (χ2v) is 9.91. The molecule has 2 saturated heterocycles. The highest BCUT2D eigenvalue weighted by atomic mass is 16.5. The molecule has 0 spiro atoms. The molecule has 2 fully saturated rings. The fraction of sp³-hybridized carbons (Fsp3) is 0.536. The van der Waals surface area contributed by atoms with Gasteiger partial charge < -0.3 is 9.64 Å². The molecule has 2 aromatic rings. The molecule has 3 aliphatic rings. The third kappa shape index (κ3) is 5.24. The summed E-state index contributed by atoms with van der Waals surface area (Å²) >= 11 is 0. The van der Waals surface area contributed by atoms with Crippen LogP contribution in [0.25, 0.3) is 0 Å². The molecule has 5 rings (SSSR count). The number of likely N-dealkylation sites (tertiary alicyclic amines) is 1. The quantitative estimate of drug-likeness (QED) is 0.660. The standard InChI is InChI=1S/C28H36N2O2/c31-28(17-22-7-2-1-3-8-22)30(21-27-11-6-16-32-27)20-23-12-14-29(15-13-23)26-18-24-9-4-5-10-25(24)19-26/h1-5,7-10,23,26-27H,6,11-21H2/t27-/m0/s1. The first-order valence-corrected chi connectivity index (χ1v) is 12.5. The predicted molar refractivity (Wildman–Crippen MR) is 128 cm³/mol. The SMILES string of the molecule is O=C(Cc1ccccc1)N(CC1CCN(C2Cc3ccccc3C2)CC1)C[C@@H]1CCCO1. The lowest BCUT2D eigenvalue weighted by Gasteiger charge is -2.38. The van der Waals surface area contributed by atoms with Crippen LogP contribution in [-0.4, -0.2) is 60.6 Å². The predicted octanol–water partition coefficient (Wildman–Crippen LogP) is 4.12. The van der Waals surface area contributed by atoms with E-state index < -0.39 is 0 Å². The summed E-state index contributed by atoms with van der Waals surface area (Å²) in [5, 5.41) is 0. The van der Waals surface area contributed by atoms with Crippen LogP contribution in [0.1, 0.15) is 42.4 Å². The molecule has 0 bridgehead atoms. The zero-order valence-electron chi connectivity index (χ0n) is 19.1. The van der Waals surface area contributed by atoms with Crippen molar-refractivity contribution in [3.8, 4) is 0 Å². The van der Waals surface area contributed by atoms with Gasteiger partial charge in [-0.3, -0.25) is 9.69 Å². The molecule has 0 unspecified atom stereocenters. The summed E-state index contributed by atoms with van der Waals surface area (Å²) in [4.78, 5) is 18.1. The van der Waals surface area contributed by atoms with Crippen LogP contribution in [0.3, 0.4) is 0 Å². The molecular weight excluding hydrogens is 396 g/mol. The van der Waals surface area contributed by atoms with Crippen molar-refractivity contribution < 1.29 is 9.53 Å². The number of nitrogens with zero attached hydrogens (tertiary/aromatic N) is 2. The van der Waals surface area contributed by atoms with Crippen LogP contribution in [0.5, 0.6) is 0 Å². The van der Waals surface area contributed by atoms with Gasteiger partial charge in [-0.05, 0) is 74.2 Å². The van der Waals surface area contributed by atoms with Gasteiger partial charge >= 0.3 is 0 Å². The van der Waals surface area contributed by atoms with Gasteiger partial charge in [-0.1, -0.05) is 54.6 Å². The molecule has 1 amide bonds. The fourth-order valence-corrected chi connectivity index (χ4v) is 5.80. The van der Waals surface area contributed by atoms with Crippen LogP contribution in [0.4, 0.5) is 0 Å². The van der Waals surface area contributed by atoms with Gasteiger partial charge in [-0.15, -0.1) is 0 Å². The number of fused-ring (bicyclic) bond motifs is 1. The number of carbonyl (C=O) groups excluding carboxylic acids is 1. The normalized spacial score (nSPS) is 22.2. The van der Waals surface area contributed by atoms with Crippen molar-refractivity contribution in [3.05, 3.63) is 71.3 Å². The lowest BCUT2D eigenvalue weighted by Crippen LogP contribution is -2.46. The van der Waals surface area contributed by atoms with Crippen molar-refractivity contribution in [2.24, 2.45) is 5.92 Å². The van der Waals surface area contributed by atoms with E-state index in [2.05, 4.69) is 46.2 Å². The number of piperidine rings is 1. The molecule has 1 atom stereocenters. The molecule has 0 radical (unpaired) electrons. The molecule has 1 aliphatic carbocycles. The molecule has 4 heteroatoms. The number of hydrogen-bond donors (Lipinski definition) is 0. The van der Waals surface area contributed by atoms with Crippen LogP contribution in [0.15, 0.2) is 54.6 Å². The minimum Gasteiger partial charge on any atom is -0.376 e. The largest absolute Gasteiger partial charge is 0.376 e. The van der Waals surface area contributed by atoms with Gasteiger partial charge in [-0.2, -0.15) is 0 Å². The molecule has 0 saturated carbocycles. The molecule has 2 heterocycles. The zero-order valence-corrected chi connectivity index (χ0v) is 19.1. The Morgan fingerprint density at radius 2 is 1.59 bits per heavy atom. The van der Waals surface area contributed by atoms with E-state index in [1.54, 1.807) is 0 Å². The van der Waals surface area contributed by atoms with Gasteiger partial charge in [-0.25, -0.2) is 0 Å². The average molecular weight is 433 g/mol. The number of rotatable bonds is 7. The Bertz CT molecular complexity index is 860. The fourth-order valence-electron chi connectivity index (χ4n) is 5.80. The number of carbonyl (C=O) groups is 1. The van der Waals surface area contributed by atoms with E-state index in [0.29, 0.717) is 18.4 Å². The molecule has 0 N–H and O–H groups in total. The van der Waals surface area contributed by atoms with Crippen molar-refractivity contribution in [2.75, 3.05) is 32.8 Å². The van der Waals surface area contributed by atoms with E-state index in [1.807, 2.05) is 18.2 Å². The second kappa shape index (κ2) is 10.2. The number of benzene rings is 2. The van der Waals surface area contributed by atoms with E-state index in [9.17, 15) is 4.79 Å². The van der Waals surface area contributed by atoms with Gasteiger partial charge in [0.25, 0.3) is 0 Å². The average Bonchev–Trinajstić information content (AvgIpc) is 3.49. The first-order chi connectivity index (χ1) is 15.7. The van der Waals surface area contributed by atoms with Gasteiger partial charge in [0.05, 0.1) is 12.5 Å². The maximum atomic E-state index is 13.2. The molecule has 2 aromatic carbocycles. The smallest absolute Gasteiger partial charge is 0.227 e. The van der Waals surface area contributed by atoms with Gasteiger partial charge in [0.15, 0.2) is 0 Å². The first kappa shape index (κ1) is 21.7. The second-order valence-electron chi connectivity index (χ2n) is 9.91. The Balaban J connectivity index is 1.16. The molecule has 170 valence electrons. The Hall–Kier alpha value is -2.17. The zero-order chi connectivity index (χ0) is 21.8. The third-order valence-electron chi connectivity index (χ3n) is 7.67. The highest BCUT2D eigenvalue weighted by molar-refractivity contribution is 5.78. The van der Waals surface area contributed by atoms with Crippen molar-refractivity contribution in [1.29, 1.82) is 0 Å². The Morgan fingerprint density at radius 3 is 2.25 bits per heavy atom. The summed E-state index contributed by atoms with van der Waals surface area (Å²) in [6.45, 7) is 4.79. The van der Waals surface area contributed by atoms with Crippen LogP contribution in [0.2, 0.25) is 0 Å². The summed E-state index contributed by atoms with van der Waals surface area (Å²) in [6, 6.07) is 19.7. The lowest BCUT2D eigenvalue weighted by atomic mass is 9.94. The van der Waals surface area contributed by atoms with Crippen LogP contribution < -0.4 is 0 Å². The van der Waals surface area contributed by atoms with Crippen molar-refractivity contribution in [3.63, 3.8) is 0 Å². The topological polar surface area (TPSA) is 32.8 Å². The molecular formula is C28H36N2O2. The monoisotopic (exact) mass is 432 g/mol. The highest BCUT2D eigenvalue weighted by Gasteiger charge is 2.31. The maximum Gasteiger partial charge on any atom is 0.227 e. The number of hydrogen-bond acceptors (Lipinski definition) is 3. The molecule has 32 heavy (non-hydrogen) atoms. The highest BCUT2D eigenvalue weighted by Crippen LogP contribution is 2.29. The summed E-state index contributed by atoms with van der Waals surface area (Å²) in [6.07, 6.45) is 7.67. The summed E-state index contributed by atoms with van der Waals surface area (Å²) in [7, 11) is 0. The van der Waals surface area contributed by atoms with Crippen LogP contribution in [0, 0.1) is 5.92 Å². The minimum absolute atomic E-state index is 0.215. The first-order valence-electron chi connectivity index (χ1n) is 12.5.